The van der Waals surface area contributed by atoms with Crippen LogP contribution in [0.2, 0.25) is 0 Å². The van der Waals surface area contributed by atoms with Gasteiger partial charge in [-0.3, -0.25) is 0 Å². The quantitative estimate of drug-likeness (QED) is 0.613. The summed E-state index contributed by atoms with van der Waals surface area (Å²) in [4.78, 5) is 0. The molecule has 1 nitrogen and oxygen atoms in total. The molecule has 0 rings (SSSR count). The third kappa shape index (κ3) is 5.25. The first-order valence-corrected chi connectivity index (χ1v) is 4.45. The predicted octanol–water partition coefficient (Wildman–Crippen LogP) is 3.09. The summed E-state index contributed by atoms with van der Waals surface area (Å²) in [5.41, 5.74) is 0.370. The molecule has 0 radical (unpaired) electrons. The van der Waals surface area contributed by atoms with Gasteiger partial charge in [0.1, 0.15) is 0 Å². The van der Waals surface area contributed by atoms with E-state index >= 15 is 0 Å². The Bertz CT molecular complexity index is 99.9. The van der Waals surface area contributed by atoms with Gasteiger partial charge in [0.2, 0.25) is 0 Å². The van der Waals surface area contributed by atoms with Crippen molar-refractivity contribution in [2.24, 2.45) is 11.3 Å². The zero-order valence-corrected chi connectivity index (χ0v) is 8.77. The Labute approximate surface area is 71.1 Å². The van der Waals surface area contributed by atoms with Crippen LogP contribution in [0.25, 0.3) is 0 Å². The fourth-order valence-electron chi connectivity index (χ4n) is 0.587. The van der Waals surface area contributed by atoms with Crippen LogP contribution >= 0.6 is 0 Å². The highest BCUT2D eigenvalue weighted by Gasteiger charge is 2.19. The van der Waals surface area contributed by atoms with E-state index in [1.807, 2.05) is 0 Å². The van der Waals surface area contributed by atoms with Crippen molar-refractivity contribution in [3.63, 3.8) is 0 Å². The van der Waals surface area contributed by atoms with Crippen molar-refractivity contribution in [1.29, 1.82) is 0 Å². The summed E-state index contributed by atoms with van der Waals surface area (Å²) in [6, 6.07) is 0. The highest BCUT2D eigenvalue weighted by atomic mass is 16.5. The lowest BCUT2D eigenvalue weighted by atomic mass is 9.83. The molecule has 1 heteroatoms. The lowest BCUT2D eigenvalue weighted by Gasteiger charge is -2.27. The molecular weight excluding hydrogens is 136 g/mol. The lowest BCUT2D eigenvalue weighted by molar-refractivity contribution is 0.0258. The first-order valence-electron chi connectivity index (χ1n) is 4.45. The van der Waals surface area contributed by atoms with Crippen LogP contribution in [0.5, 0.6) is 0 Å². The van der Waals surface area contributed by atoms with Crippen molar-refractivity contribution in [3.05, 3.63) is 0 Å². The Balaban J connectivity index is 3.61. The van der Waals surface area contributed by atoms with Gasteiger partial charge in [0.15, 0.2) is 0 Å². The minimum absolute atomic E-state index is 0.361. The molecule has 0 saturated heterocycles. The van der Waals surface area contributed by atoms with Gasteiger partial charge in [-0.25, -0.2) is 0 Å². The second kappa shape index (κ2) is 4.10. The standard InChI is InChI=1S/C10H22O/c1-8(2)11-7-9(3)10(4,5)6/h8-9H,7H2,1-6H3. The molecule has 0 fully saturated rings. The highest BCUT2D eigenvalue weighted by molar-refractivity contribution is 4.69. The second-order valence-corrected chi connectivity index (χ2v) is 4.65. The van der Waals surface area contributed by atoms with Gasteiger partial charge < -0.3 is 4.74 Å². The van der Waals surface area contributed by atoms with Gasteiger partial charge in [0, 0.05) is 6.61 Å². The Hall–Kier alpha value is -0.0400. The average Bonchev–Trinajstić information content (AvgIpc) is 1.80. The van der Waals surface area contributed by atoms with Gasteiger partial charge in [-0.15, -0.1) is 0 Å². The Morgan fingerprint density at radius 3 is 1.82 bits per heavy atom. The van der Waals surface area contributed by atoms with Crippen LogP contribution in [0.3, 0.4) is 0 Å². The largest absolute Gasteiger partial charge is 0.378 e. The van der Waals surface area contributed by atoms with E-state index < -0.39 is 0 Å². The average molecular weight is 158 g/mol. The first kappa shape index (κ1) is 11.0. The minimum atomic E-state index is 0.361. The zero-order chi connectivity index (χ0) is 9.07. The summed E-state index contributed by atoms with van der Waals surface area (Å²) in [5, 5.41) is 0. The monoisotopic (exact) mass is 158 g/mol. The van der Waals surface area contributed by atoms with E-state index in [-0.39, 0.29) is 0 Å². The molecule has 0 aliphatic heterocycles. The minimum Gasteiger partial charge on any atom is -0.378 e. The van der Waals surface area contributed by atoms with Crippen LogP contribution in [-0.4, -0.2) is 12.7 Å². The second-order valence-electron chi connectivity index (χ2n) is 4.65. The maximum atomic E-state index is 5.53. The highest BCUT2D eigenvalue weighted by Crippen LogP contribution is 2.25. The molecule has 11 heavy (non-hydrogen) atoms. The molecule has 0 amide bonds. The number of ether oxygens (including phenoxy) is 1. The fraction of sp³-hybridized carbons (Fsp3) is 1.00. The van der Waals surface area contributed by atoms with Crippen LogP contribution in [0.1, 0.15) is 41.5 Å². The molecule has 0 aromatic carbocycles. The summed E-state index contributed by atoms with van der Waals surface area (Å²) in [6.45, 7) is 14.0. The molecule has 0 aromatic heterocycles. The van der Waals surface area contributed by atoms with Crippen molar-refractivity contribution in [1.82, 2.24) is 0 Å². The van der Waals surface area contributed by atoms with Crippen molar-refractivity contribution in [2.75, 3.05) is 6.61 Å². The molecule has 0 spiro atoms. The smallest absolute Gasteiger partial charge is 0.0519 e. The van der Waals surface area contributed by atoms with Crippen molar-refractivity contribution in [2.45, 2.75) is 47.6 Å². The molecule has 0 heterocycles. The molecule has 0 bridgehead atoms. The van der Waals surface area contributed by atoms with Crippen molar-refractivity contribution in [3.8, 4) is 0 Å². The topological polar surface area (TPSA) is 9.23 Å². The SMILES string of the molecule is CC(C)OCC(C)C(C)(C)C. The summed E-state index contributed by atoms with van der Waals surface area (Å²) < 4.78 is 5.53. The van der Waals surface area contributed by atoms with Gasteiger partial charge in [-0.1, -0.05) is 27.7 Å². The summed E-state index contributed by atoms with van der Waals surface area (Å²) >= 11 is 0. The summed E-state index contributed by atoms with van der Waals surface area (Å²) in [7, 11) is 0. The van der Waals surface area contributed by atoms with Crippen molar-refractivity contribution < 1.29 is 4.74 Å². The predicted molar refractivity (Wildman–Crippen MR) is 49.7 cm³/mol. The third-order valence-corrected chi connectivity index (χ3v) is 2.16. The zero-order valence-electron chi connectivity index (χ0n) is 8.77. The molecule has 0 N–H and O–H groups in total. The molecule has 0 saturated carbocycles. The van der Waals surface area contributed by atoms with Crippen LogP contribution in [-0.2, 0) is 4.74 Å². The van der Waals surface area contributed by atoms with E-state index in [9.17, 15) is 0 Å². The number of hydrogen-bond donors (Lipinski definition) is 0. The Kier molecular flexibility index (Phi) is 4.09. The van der Waals surface area contributed by atoms with E-state index in [0.717, 1.165) is 6.61 Å². The molecule has 0 aliphatic carbocycles. The van der Waals surface area contributed by atoms with E-state index in [4.69, 9.17) is 4.74 Å². The molecule has 1 atom stereocenters. The van der Waals surface area contributed by atoms with Gasteiger partial charge in [0.05, 0.1) is 6.10 Å². The summed E-state index contributed by atoms with van der Waals surface area (Å²) in [5.74, 6) is 0.630. The number of hydrogen-bond acceptors (Lipinski definition) is 1. The van der Waals surface area contributed by atoms with Crippen LogP contribution in [0.4, 0.5) is 0 Å². The lowest BCUT2D eigenvalue weighted by Crippen LogP contribution is -2.23. The Morgan fingerprint density at radius 2 is 1.55 bits per heavy atom. The first-order chi connectivity index (χ1) is 4.84. The molecule has 0 aliphatic rings. The number of rotatable bonds is 3. The van der Waals surface area contributed by atoms with Crippen LogP contribution in [0.15, 0.2) is 0 Å². The van der Waals surface area contributed by atoms with Gasteiger partial charge in [-0.2, -0.15) is 0 Å². The third-order valence-electron chi connectivity index (χ3n) is 2.16. The van der Waals surface area contributed by atoms with Gasteiger partial charge in [-0.05, 0) is 25.2 Å². The van der Waals surface area contributed by atoms with Crippen LogP contribution in [0, 0.1) is 11.3 Å². The van der Waals surface area contributed by atoms with E-state index in [2.05, 4.69) is 41.5 Å². The van der Waals surface area contributed by atoms with Gasteiger partial charge in [0.25, 0.3) is 0 Å². The van der Waals surface area contributed by atoms with E-state index in [1.54, 1.807) is 0 Å². The van der Waals surface area contributed by atoms with Crippen LogP contribution < -0.4 is 0 Å². The van der Waals surface area contributed by atoms with E-state index in [0.29, 0.717) is 17.4 Å². The molecule has 0 aromatic rings. The maximum absolute atomic E-state index is 5.53. The van der Waals surface area contributed by atoms with Crippen molar-refractivity contribution >= 4 is 0 Å². The maximum Gasteiger partial charge on any atom is 0.0519 e. The molecule has 1 unspecified atom stereocenters. The fourth-order valence-corrected chi connectivity index (χ4v) is 0.587. The molecule has 68 valence electrons. The molecular formula is C10H22O. The summed E-state index contributed by atoms with van der Waals surface area (Å²) in [6.07, 6.45) is 0.361. The normalized spacial score (nSPS) is 15.5. The Morgan fingerprint density at radius 1 is 1.09 bits per heavy atom. The van der Waals surface area contributed by atoms with Gasteiger partial charge >= 0.3 is 0 Å². The van der Waals surface area contributed by atoms with E-state index in [1.165, 1.54) is 0 Å².